The summed E-state index contributed by atoms with van der Waals surface area (Å²) in [5.74, 6) is -0.417. The summed E-state index contributed by atoms with van der Waals surface area (Å²) < 4.78 is 6.60. The molecule has 0 aliphatic carbocycles. The van der Waals surface area contributed by atoms with E-state index in [1.54, 1.807) is 17.6 Å². The smallest absolute Gasteiger partial charge is 0.358 e. The van der Waals surface area contributed by atoms with Gasteiger partial charge < -0.3 is 9.64 Å². The number of imidazole rings is 1. The number of rotatable bonds is 5. The zero-order valence-electron chi connectivity index (χ0n) is 14.3. The lowest BCUT2D eigenvalue weighted by atomic mass is 10.1. The third-order valence-electron chi connectivity index (χ3n) is 4.01. The molecule has 0 spiro atoms. The number of carbonyl (C=O) groups is 1. The largest absolute Gasteiger partial charge is 0.461 e. The third kappa shape index (κ3) is 3.39. The Kier molecular flexibility index (Phi) is 4.53. The molecule has 2 aromatic heterocycles. The molecule has 0 unspecified atom stereocenters. The molecular formula is C19H18N4O2S. The zero-order chi connectivity index (χ0) is 17.9. The fraction of sp³-hybridized carbons (Fsp3) is 0.211. The van der Waals surface area contributed by atoms with Crippen molar-refractivity contribution in [2.24, 2.45) is 0 Å². The summed E-state index contributed by atoms with van der Waals surface area (Å²) in [6, 6.07) is 10.4. The molecule has 4 rings (SSSR count). The van der Waals surface area contributed by atoms with Crippen LogP contribution in [0.25, 0.3) is 10.5 Å². The Labute approximate surface area is 155 Å². The fourth-order valence-corrected chi connectivity index (χ4v) is 3.65. The van der Waals surface area contributed by atoms with Gasteiger partial charge in [0.2, 0.25) is 4.96 Å². The van der Waals surface area contributed by atoms with Gasteiger partial charge in [-0.05, 0) is 18.6 Å². The van der Waals surface area contributed by atoms with E-state index in [4.69, 9.17) is 4.74 Å². The van der Waals surface area contributed by atoms with Crippen LogP contribution in [0.5, 0.6) is 0 Å². The van der Waals surface area contributed by atoms with Crippen molar-refractivity contribution in [3.05, 3.63) is 71.1 Å². The molecule has 26 heavy (non-hydrogen) atoms. The van der Waals surface area contributed by atoms with E-state index in [2.05, 4.69) is 57.6 Å². The van der Waals surface area contributed by atoms with Crippen molar-refractivity contribution in [1.29, 1.82) is 0 Å². The first-order valence-corrected chi connectivity index (χ1v) is 9.24. The highest BCUT2D eigenvalue weighted by molar-refractivity contribution is 7.17. The van der Waals surface area contributed by atoms with Crippen LogP contribution in [-0.4, -0.2) is 38.6 Å². The number of benzene rings is 1. The van der Waals surface area contributed by atoms with E-state index >= 15 is 0 Å². The van der Waals surface area contributed by atoms with Crippen LogP contribution in [0.15, 0.2) is 54.9 Å². The van der Waals surface area contributed by atoms with Gasteiger partial charge in [-0.2, -0.15) is 5.10 Å². The highest BCUT2D eigenvalue weighted by Crippen LogP contribution is 2.25. The fourth-order valence-electron chi connectivity index (χ4n) is 2.74. The van der Waals surface area contributed by atoms with Crippen molar-refractivity contribution in [2.45, 2.75) is 13.5 Å². The average Bonchev–Trinajstić information content (AvgIpc) is 3.23. The van der Waals surface area contributed by atoms with Crippen LogP contribution >= 0.6 is 11.3 Å². The van der Waals surface area contributed by atoms with Crippen LogP contribution < -0.4 is 0 Å². The number of allylic oxidation sites excluding steroid dienone is 2. The number of hydrogen-bond acceptors (Lipinski definition) is 6. The quantitative estimate of drug-likeness (QED) is 0.648. The Morgan fingerprint density at radius 1 is 1.31 bits per heavy atom. The van der Waals surface area contributed by atoms with Crippen molar-refractivity contribution in [2.75, 3.05) is 13.2 Å². The van der Waals surface area contributed by atoms with Gasteiger partial charge in [0.1, 0.15) is 5.01 Å². The van der Waals surface area contributed by atoms with Crippen molar-refractivity contribution in [3.63, 3.8) is 0 Å². The first-order valence-electron chi connectivity index (χ1n) is 8.43. The first-order chi connectivity index (χ1) is 12.7. The van der Waals surface area contributed by atoms with E-state index in [1.807, 2.05) is 6.07 Å². The average molecular weight is 366 g/mol. The second kappa shape index (κ2) is 7.13. The monoisotopic (exact) mass is 366 g/mol. The molecule has 1 aromatic carbocycles. The summed E-state index contributed by atoms with van der Waals surface area (Å²) in [5, 5.41) is 5.42. The van der Waals surface area contributed by atoms with Gasteiger partial charge in [-0.15, -0.1) is 0 Å². The predicted molar refractivity (Wildman–Crippen MR) is 101 cm³/mol. The SMILES string of the molecule is CCOC(=O)c1cn2nc(C3=CCN(Cc4ccccc4)C=C3)sc2n1. The molecule has 0 bridgehead atoms. The number of carbonyl (C=O) groups excluding carboxylic acids is 1. The lowest BCUT2D eigenvalue weighted by Crippen LogP contribution is -2.19. The predicted octanol–water partition coefficient (Wildman–Crippen LogP) is 3.38. The van der Waals surface area contributed by atoms with Crippen LogP contribution in [0.2, 0.25) is 0 Å². The van der Waals surface area contributed by atoms with Gasteiger partial charge in [-0.3, -0.25) is 0 Å². The number of ether oxygens (including phenoxy) is 1. The molecule has 132 valence electrons. The van der Waals surface area contributed by atoms with E-state index < -0.39 is 5.97 Å². The Morgan fingerprint density at radius 2 is 2.15 bits per heavy atom. The van der Waals surface area contributed by atoms with Crippen LogP contribution in [0.3, 0.4) is 0 Å². The number of esters is 1. The highest BCUT2D eigenvalue weighted by Gasteiger charge is 2.16. The van der Waals surface area contributed by atoms with Gasteiger partial charge in [-0.25, -0.2) is 14.3 Å². The maximum Gasteiger partial charge on any atom is 0.358 e. The van der Waals surface area contributed by atoms with E-state index in [-0.39, 0.29) is 0 Å². The summed E-state index contributed by atoms with van der Waals surface area (Å²) in [6.07, 6.45) is 7.93. The standard InChI is InChI=1S/C19H18N4O2S/c1-2-25-18(24)16-13-23-19(20-16)26-17(21-23)15-8-10-22(11-9-15)12-14-6-4-3-5-7-14/h3-10,13H,2,11-12H2,1H3. The van der Waals surface area contributed by atoms with E-state index in [9.17, 15) is 4.79 Å². The molecule has 0 saturated carbocycles. The molecule has 0 fully saturated rings. The number of fused-ring (bicyclic) bond motifs is 1. The van der Waals surface area contributed by atoms with Gasteiger partial charge in [0.25, 0.3) is 0 Å². The van der Waals surface area contributed by atoms with Crippen molar-refractivity contribution >= 4 is 27.8 Å². The molecule has 1 aliphatic heterocycles. The molecule has 0 amide bonds. The van der Waals surface area contributed by atoms with Crippen molar-refractivity contribution in [3.8, 4) is 0 Å². The summed E-state index contributed by atoms with van der Waals surface area (Å²) >= 11 is 1.46. The Hall–Kier alpha value is -2.93. The molecule has 0 atom stereocenters. The molecule has 1 aliphatic rings. The van der Waals surface area contributed by atoms with Crippen LogP contribution in [0.1, 0.15) is 28.0 Å². The van der Waals surface area contributed by atoms with Gasteiger partial charge in [-0.1, -0.05) is 47.7 Å². The molecule has 3 heterocycles. The normalized spacial score (nSPS) is 13.9. The Bertz CT molecular complexity index is 956. The maximum absolute atomic E-state index is 11.7. The Morgan fingerprint density at radius 3 is 2.85 bits per heavy atom. The molecule has 3 aromatic rings. The van der Waals surface area contributed by atoms with Gasteiger partial charge in [0, 0.05) is 24.9 Å². The van der Waals surface area contributed by atoms with Gasteiger partial charge in [0.05, 0.1) is 12.8 Å². The molecule has 7 heteroatoms. The van der Waals surface area contributed by atoms with E-state index in [0.717, 1.165) is 23.7 Å². The number of aromatic nitrogens is 3. The zero-order valence-corrected chi connectivity index (χ0v) is 15.1. The third-order valence-corrected chi connectivity index (χ3v) is 4.99. The minimum Gasteiger partial charge on any atom is -0.461 e. The van der Waals surface area contributed by atoms with Crippen molar-refractivity contribution in [1.82, 2.24) is 19.5 Å². The topological polar surface area (TPSA) is 59.7 Å². The van der Waals surface area contributed by atoms with Gasteiger partial charge >= 0.3 is 5.97 Å². The summed E-state index contributed by atoms with van der Waals surface area (Å²) in [6.45, 7) is 3.82. The first kappa shape index (κ1) is 16.5. The second-order valence-corrected chi connectivity index (χ2v) is 6.83. The Balaban J connectivity index is 1.46. The lowest BCUT2D eigenvalue weighted by molar-refractivity contribution is 0.0520. The van der Waals surface area contributed by atoms with Gasteiger partial charge in [0.15, 0.2) is 5.69 Å². The van der Waals surface area contributed by atoms with Crippen LogP contribution in [0.4, 0.5) is 0 Å². The van der Waals surface area contributed by atoms with Crippen molar-refractivity contribution < 1.29 is 9.53 Å². The summed E-state index contributed by atoms with van der Waals surface area (Å²) in [4.78, 5) is 19.0. The second-order valence-electron chi connectivity index (χ2n) is 5.87. The molecular weight excluding hydrogens is 348 g/mol. The molecule has 0 N–H and O–H groups in total. The number of hydrogen-bond donors (Lipinski definition) is 0. The molecule has 0 radical (unpaired) electrons. The maximum atomic E-state index is 11.7. The minimum absolute atomic E-state index is 0.291. The van der Waals surface area contributed by atoms with E-state index in [1.165, 1.54) is 16.9 Å². The lowest BCUT2D eigenvalue weighted by Gasteiger charge is -2.22. The highest BCUT2D eigenvalue weighted by atomic mass is 32.1. The molecule has 0 saturated heterocycles. The van der Waals surface area contributed by atoms with Crippen LogP contribution in [0, 0.1) is 0 Å². The molecule has 6 nitrogen and oxygen atoms in total. The minimum atomic E-state index is -0.417. The van der Waals surface area contributed by atoms with Crippen LogP contribution in [-0.2, 0) is 11.3 Å². The summed E-state index contributed by atoms with van der Waals surface area (Å²) in [5.41, 5.74) is 2.65. The number of nitrogens with zero attached hydrogens (tertiary/aromatic N) is 4. The van der Waals surface area contributed by atoms with E-state index in [0.29, 0.717) is 17.3 Å². The summed E-state index contributed by atoms with van der Waals surface area (Å²) in [7, 11) is 0.